The summed E-state index contributed by atoms with van der Waals surface area (Å²) in [6.07, 6.45) is 13.1. The van der Waals surface area contributed by atoms with Crippen molar-refractivity contribution in [1.29, 1.82) is 0 Å². The van der Waals surface area contributed by atoms with Crippen LogP contribution in [0.4, 0.5) is 66.4 Å². The first kappa shape index (κ1) is 125. The van der Waals surface area contributed by atoms with E-state index in [1.807, 2.05) is 61.5 Å². The zero-order chi connectivity index (χ0) is 108. The molecule has 0 saturated heterocycles. The van der Waals surface area contributed by atoms with Crippen molar-refractivity contribution in [1.82, 2.24) is 103 Å². The van der Waals surface area contributed by atoms with Gasteiger partial charge in [-0.25, -0.2) is 54.1 Å². The van der Waals surface area contributed by atoms with E-state index in [-0.39, 0.29) is 182 Å². The number of nitrogens with two attached hydrogens (primary N) is 2. The molecule has 0 atom stereocenters. The molecule has 0 spiro atoms. The zero-order valence-electron chi connectivity index (χ0n) is 84.7. The van der Waals surface area contributed by atoms with E-state index >= 15 is 0 Å². The molecule has 49 heteroatoms. The Hall–Kier alpha value is -16.0. The minimum absolute atomic E-state index is 0. The fraction of sp³-hybridized carbons (Fsp3) is 0.396. The predicted octanol–water partition coefficient (Wildman–Crippen LogP) is 13.2. The molecule has 14 heterocycles. The lowest BCUT2D eigenvalue weighted by Gasteiger charge is -2.25. The average molecular weight is 2120 g/mol. The second-order valence-electron chi connectivity index (χ2n) is 38.9. The van der Waals surface area contributed by atoms with Crippen molar-refractivity contribution in [3.63, 3.8) is 0 Å². The third kappa shape index (κ3) is 33.5. The molecular formula is C101H139Cl2N29O18. The summed E-state index contributed by atoms with van der Waals surface area (Å²) in [6.45, 7) is 31.8. The van der Waals surface area contributed by atoms with Crippen LogP contribution in [0, 0.1) is 21.7 Å². The third-order valence-corrected chi connectivity index (χ3v) is 20.9. The van der Waals surface area contributed by atoms with Crippen molar-refractivity contribution in [2.45, 2.75) is 164 Å². The van der Waals surface area contributed by atoms with Crippen molar-refractivity contribution in [3.8, 4) is 17.5 Å². The normalized spacial score (nSPS) is 11.3. The number of hydrogen-bond acceptors (Lipinski definition) is 33. The molecule has 6 amide bonds. The number of pyridine rings is 6. The van der Waals surface area contributed by atoms with Crippen LogP contribution in [0.5, 0.6) is 0 Å². The highest BCUT2D eigenvalue weighted by atomic mass is 35.5. The number of fused-ring (bicyclic) bond motifs is 4. The van der Waals surface area contributed by atoms with Gasteiger partial charge in [-0.1, -0.05) is 126 Å². The lowest BCUT2D eigenvalue weighted by Crippen LogP contribution is -2.36. The smallest absolute Gasteiger partial charge is 0.415 e. The number of halogens is 2. The van der Waals surface area contributed by atoms with Gasteiger partial charge in [0.1, 0.15) is 113 Å². The number of nitrogens with zero attached hydrogens (tertiary/aromatic N) is 21. The Kier molecular flexibility index (Phi) is 44.1. The Morgan fingerprint density at radius 2 is 0.700 bits per heavy atom. The maximum Gasteiger partial charge on any atom is 0.415 e. The van der Waals surface area contributed by atoms with Crippen LogP contribution in [0.3, 0.4) is 0 Å². The number of nitrogen functional groups attached to an aromatic ring is 1. The molecular weight excluding hydrogens is 1980 g/mol. The van der Waals surface area contributed by atoms with E-state index in [1.165, 1.54) is 104 Å². The lowest BCUT2D eigenvalue weighted by molar-refractivity contribution is 0.0577. The van der Waals surface area contributed by atoms with Gasteiger partial charge in [0.2, 0.25) is 0 Å². The Labute approximate surface area is 878 Å². The molecule has 14 rings (SSSR count). The number of anilines is 9. The molecule has 47 nitrogen and oxygen atoms in total. The summed E-state index contributed by atoms with van der Waals surface area (Å²) in [4.78, 5) is 159. The molecule has 0 radical (unpaired) electrons. The number of amides is 6. The molecule has 0 aliphatic rings. The van der Waals surface area contributed by atoms with Crippen LogP contribution in [-0.2, 0) is 14.2 Å². The number of nitrogens with one attached hydrogen (secondary N) is 6. The number of carbonyl (C=O) groups is 7. The molecule has 150 heavy (non-hydrogen) atoms. The summed E-state index contributed by atoms with van der Waals surface area (Å²) in [6, 6.07) is 31.9. The van der Waals surface area contributed by atoms with Crippen LogP contribution in [0.1, 0.15) is 189 Å². The number of aromatic carboxylic acids is 1. The maximum absolute atomic E-state index is 13.3. The van der Waals surface area contributed by atoms with Crippen LogP contribution in [0.15, 0.2) is 192 Å². The Balaban J connectivity index is 0.000000332. The first-order valence-electron chi connectivity index (χ1n) is 45.3. The van der Waals surface area contributed by atoms with Crippen LogP contribution in [0.2, 0.25) is 10.3 Å². The van der Waals surface area contributed by atoms with Crippen molar-refractivity contribution in [3.05, 3.63) is 241 Å². The Morgan fingerprint density at radius 3 is 1.01 bits per heavy atom. The summed E-state index contributed by atoms with van der Waals surface area (Å²) in [5.41, 5.74) is 8.10. The molecule has 810 valence electrons. The first-order chi connectivity index (χ1) is 68.5. The van der Waals surface area contributed by atoms with Gasteiger partial charge in [-0.2, -0.15) is 38.5 Å². The second-order valence-corrected chi connectivity index (χ2v) is 39.7. The van der Waals surface area contributed by atoms with Crippen molar-refractivity contribution in [2.75, 3.05) is 117 Å². The minimum atomic E-state index is -1.18. The van der Waals surface area contributed by atoms with E-state index in [0.29, 0.717) is 52.8 Å². The monoisotopic (exact) mass is 2120 g/mol. The highest BCUT2D eigenvalue weighted by Gasteiger charge is 2.32. The van der Waals surface area contributed by atoms with Gasteiger partial charge in [-0.05, 0) is 142 Å². The van der Waals surface area contributed by atoms with Gasteiger partial charge in [0.15, 0.2) is 22.6 Å². The van der Waals surface area contributed by atoms with Crippen LogP contribution in [0.25, 0.3) is 40.0 Å². The van der Waals surface area contributed by atoms with E-state index in [9.17, 15) is 63.3 Å². The second kappa shape index (κ2) is 53.1. The van der Waals surface area contributed by atoms with Gasteiger partial charge in [-0.15, -0.1) is 0 Å². The SMILES string of the molecule is C.C.C.C.CC(C)(CN)CO.CN(C(=O)OC(C)(C)C)c1cc(Cl)nc2c(C(=O)NCC(C)(C)CO)cnn12.CN(C(=O)OC(C)(C)C)c1cc(Cl)nc2c(C(=O)O)cnn12.CN(C(=O)OC(C)(C)C)c1cc(Nc2cccn(-c3ccccn3)c2=O)nc2c(C(=O)NCC(C)(C)CO)cnn12.CNc1cc(Nc2cccn(-c3ccccn3)c2=O)nc2c(C(=O)NCC(C)(C)CO)cnn12.Nc1cccn(-c2ccccn2)c1=O. The average Bonchev–Trinajstić information content (AvgIpc) is 1.61. The van der Waals surface area contributed by atoms with E-state index in [4.69, 9.17) is 59.1 Å². The molecule has 0 fully saturated rings. The molecule has 0 aromatic carbocycles. The highest BCUT2D eigenvalue weighted by Crippen LogP contribution is 2.31. The number of hydrogen-bond donors (Lipinski definition) is 13. The molecule has 14 aromatic heterocycles. The van der Waals surface area contributed by atoms with E-state index < -0.39 is 69.1 Å². The molecule has 0 unspecified atom stereocenters. The number of carboxylic acids is 1. The molecule has 0 bridgehead atoms. The van der Waals surface area contributed by atoms with Crippen LogP contribution >= 0.6 is 23.2 Å². The number of aromatic nitrogens is 18. The van der Waals surface area contributed by atoms with Crippen LogP contribution in [-0.4, -0.2) is 252 Å². The highest BCUT2D eigenvalue weighted by molar-refractivity contribution is 6.30. The van der Waals surface area contributed by atoms with Gasteiger partial charge in [0, 0.05) is 157 Å². The fourth-order valence-corrected chi connectivity index (χ4v) is 12.5. The van der Waals surface area contributed by atoms with Gasteiger partial charge in [0.25, 0.3) is 34.4 Å². The molecule has 14 aromatic rings. The Bertz CT molecular complexity index is 7150. The number of aliphatic hydroxyl groups excluding tert-OH is 4. The van der Waals surface area contributed by atoms with Gasteiger partial charge in [0.05, 0.1) is 30.5 Å². The lowest BCUT2D eigenvalue weighted by atomic mass is 9.95. The van der Waals surface area contributed by atoms with E-state index in [2.05, 4.69) is 87.2 Å². The number of aliphatic hydroxyl groups is 4. The van der Waals surface area contributed by atoms with Crippen molar-refractivity contribution < 1.29 is 73.3 Å². The summed E-state index contributed by atoms with van der Waals surface area (Å²) >= 11 is 12.0. The quantitative estimate of drug-likeness (QED) is 0.0177. The van der Waals surface area contributed by atoms with Crippen molar-refractivity contribution in [2.24, 2.45) is 27.4 Å². The van der Waals surface area contributed by atoms with Gasteiger partial charge >= 0.3 is 24.2 Å². The number of rotatable bonds is 26. The largest absolute Gasteiger partial charge is 0.477 e. The number of carboxylic acid groups (broad SMARTS) is 1. The molecule has 0 aliphatic heterocycles. The van der Waals surface area contributed by atoms with E-state index in [1.54, 1.807) is 198 Å². The van der Waals surface area contributed by atoms with Gasteiger partial charge < -0.3 is 83.1 Å². The summed E-state index contributed by atoms with van der Waals surface area (Å²) in [7, 11) is 6.22. The van der Waals surface area contributed by atoms with E-state index in [0.717, 1.165) is 6.20 Å². The van der Waals surface area contributed by atoms with Gasteiger partial charge in [-0.3, -0.25) is 57.2 Å². The third-order valence-electron chi connectivity index (χ3n) is 20.6. The topological polar surface area (TPSA) is 608 Å². The fourth-order valence-electron chi connectivity index (χ4n) is 12.1. The predicted molar refractivity (Wildman–Crippen MR) is 579 cm³/mol. The Morgan fingerprint density at radius 1 is 0.400 bits per heavy atom. The molecule has 0 saturated carbocycles. The minimum Gasteiger partial charge on any atom is -0.477 e. The number of ether oxygens (including phenoxy) is 3. The number of carbonyl (C=O) groups excluding carboxylic acids is 6. The maximum atomic E-state index is 13.3. The molecule has 15 N–H and O–H groups in total. The van der Waals surface area contributed by atoms with Crippen molar-refractivity contribution >= 4 is 140 Å². The molecule has 0 aliphatic carbocycles. The summed E-state index contributed by atoms with van der Waals surface area (Å²) in [5, 5.41) is 80.3. The van der Waals surface area contributed by atoms with Crippen LogP contribution < -0.4 is 74.7 Å². The standard InChI is InChI=1S/C28H34N8O5.C23H26N8O3.C18H26ClN5O4.C13H15ClN4O4.C10H9N3O.C5H13NO.4CH4/c1-27(2,3)41-26(40)34(6)22-14-20(32-19-10-9-13-35(25(19)39)21-11-7-8-12-29-21)33-23-18(15-31-36(22)23)24(38)30-16-28(4,5)17-37;1-23(2,14-32)13-26-21(33)15-12-27-31-19(24-3)11-17(29-20(15)31)28-16-7-6-10-30(22(16)34)18-8-4-5-9-25-18;1-17(2,3)28-16(27)23(6)13-7-12(19)22-14-11(8-21-24(13)14)15(26)20-9-18(4,5)10-25;1-13(2,3)22-12(21)17(4)9-5-8(14)16-10-7(11(19)20)6-15-18(9)10;11-8-4-3-7-13(10(8)14)9-5-1-2-6-12-9;1-5(2,3-6)4-7;;;;/h7-15,37H,16-17H2,1-6H3,(H,30,38)(H,32,33);4-12,24,32H,13-14H2,1-3H3,(H,26,33)(H,28,29);7-8,25H,9-10H2,1-6H3,(H,20,26);5-6H,1-4H3,(H,19,20);1-7H,11H2;7H,3-4,6H2,1-2H3;4*1H4. The summed E-state index contributed by atoms with van der Waals surface area (Å²) < 4.78 is 25.8. The summed E-state index contributed by atoms with van der Waals surface area (Å²) in [5.74, 6) is 1.00. The zero-order valence-corrected chi connectivity index (χ0v) is 86.3. The first-order valence-corrected chi connectivity index (χ1v) is 46.1.